The number of nitrogens with zero attached hydrogens (tertiary/aromatic N) is 4. The van der Waals surface area contributed by atoms with Gasteiger partial charge in [0.05, 0.1) is 17.5 Å². The van der Waals surface area contributed by atoms with Crippen LogP contribution in [0.15, 0.2) is 29.2 Å². The van der Waals surface area contributed by atoms with Crippen LogP contribution in [0, 0.1) is 5.92 Å². The molecule has 0 amide bonds. The molecule has 2 aromatic rings. The molecule has 0 bridgehead atoms. The number of hydrogen-bond acceptors (Lipinski definition) is 5. The highest BCUT2D eigenvalue weighted by atomic mass is 32.2. The van der Waals surface area contributed by atoms with E-state index in [1.165, 1.54) is 9.08 Å². The Morgan fingerprint density at radius 3 is 2.86 bits per heavy atom. The highest BCUT2D eigenvalue weighted by Crippen LogP contribution is 2.33. The Kier molecular flexibility index (Phi) is 3.12. The third kappa shape index (κ3) is 2.17. The summed E-state index contributed by atoms with van der Waals surface area (Å²) in [5.41, 5.74) is 0.482. The van der Waals surface area contributed by atoms with Crippen molar-refractivity contribution in [1.82, 2.24) is 19.1 Å². The molecule has 22 heavy (non-hydrogen) atoms. The minimum Gasteiger partial charge on any atom is -0.300 e. The van der Waals surface area contributed by atoms with Crippen LogP contribution < -0.4 is 5.69 Å². The van der Waals surface area contributed by atoms with Gasteiger partial charge in [-0.1, -0.05) is 6.07 Å². The zero-order valence-electron chi connectivity index (χ0n) is 12.1. The van der Waals surface area contributed by atoms with Gasteiger partial charge in [0.1, 0.15) is 0 Å². The fourth-order valence-electron chi connectivity index (χ4n) is 3.61. The standard InChI is InChI=1S/C14H18N4O3S/c19-14-17-5-2-1-3-13(17)15-18(14)7-6-16-9-11-4-8-22(20,21)12(11)10-16/h1-3,5,11-12H,4,6-10H2/t11-,12+/m0/s1. The van der Waals surface area contributed by atoms with E-state index < -0.39 is 9.84 Å². The minimum absolute atomic E-state index is 0.150. The van der Waals surface area contributed by atoms with E-state index in [0.29, 0.717) is 31.0 Å². The van der Waals surface area contributed by atoms with Gasteiger partial charge in [-0.2, -0.15) is 0 Å². The second-order valence-corrected chi connectivity index (χ2v) is 8.49. The molecule has 2 aliphatic rings. The highest BCUT2D eigenvalue weighted by molar-refractivity contribution is 7.92. The summed E-state index contributed by atoms with van der Waals surface area (Å²) in [5.74, 6) is 0.602. The average Bonchev–Trinajstić information content (AvgIpc) is 3.13. The monoisotopic (exact) mass is 322 g/mol. The Morgan fingerprint density at radius 1 is 1.23 bits per heavy atom. The van der Waals surface area contributed by atoms with Gasteiger partial charge in [-0.3, -0.25) is 9.30 Å². The Morgan fingerprint density at radius 2 is 2.09 bits per heavy atom. The molecule has 4 rings (SSSR count). The number of rotatable bonds is 3. The first-order valence-electron chi connectivity index (χ1n) is 7.53. The minimum atomic E-state index is -2.90. The van der Waals surface area contributed by atoms with Crippen LogP contribution >= 0.6 is 0 Å². The van der Waals surface area contributed by atoms with Gasteiger partial charge in [-0.05, 0) is 24.5 Å². The number of sulfone groups is 1. The van der Waals surface area contributed by atoms with Crippen LogP contribution in [0.5, 0.6) is 0 Å². The fraction of sp³-hybridized carbons (Fsp3) is 0.571. The maximum atomic E-state index is 12.2. The van der Waals surface area contributed by atoms with E-state index >= 15 is 0 Å². The highest BCUT2D eigenvalue weighted by Gasteiger charge is 2.45. The van der Waals surface area contributed by atoms with Crippen LogP contribution in [0.4, 0.5) is 0 Å². The maximum absolute atomic E-state index is 12.2. The predicted octanol–water partition coefficient (Wildman–Crippen LogP) is -0.385. The van der Waals surface area contributed by atoms with Crippen molar-refractivity contribution in [3.8, 4) is 0 Å². The number of fused-ring (bicyclic) bond motifs is 2. The Balaban J connectivity index is 1.47. The summed E-state index contributed by atoms with van der Waals surface area (Å²) >= 11 is 0. The summed E-state index contributed by atoms with van der Waals surface area (Å²) < 4.78 is 26.8. The first-order valence-corrected chi connectivity index (χ1v) is 9.24. The van der Waals surface area contributed by atoms with E-state index in [0.717, 1.165) is 13.0 Å². The van der Waals surface area contributed by atoms with Gasteiger partial charge in [0.2, 0.25) is 0 Å². The molecule has 0 spiro atoms. The molecule has 2 fully saturated rings. The average molecular weight is 322 g/mol. The smallest absolute Gasteiger partial charge is 0.300 e. The van der Waals surface area contributed by atoms with Crippen molar-refractivity contribution < 1.29 is 8.42 Å². The topological polar surface area (TPSA) is 76.7 Å². The van der Waals surface area contributed by atoms with Crippen molar-refractivity contribution in [3.63, 3.8) is 0 Å². The van der Waals surface area contributed by atoms with Crippen LogP contribution in [-0.2, 0) is 16.4 Å². The molecule has 4 heterocycles. The Hall–Kier alpha value is -1.67. The van der Waals surface area contributed by atoms with Gasteiger partial charge >= 0.3 is 5.69 Å². The van der Waals surface area contributed by atoms with Crippen LogP contribution in [0.25, 0.3) is 5.65 Å². The first-order chi connectivity index (χ1) is 10.5. The van der Waals surface area contributed by atoms with Gasteiger partial charge < -0.3 is 0 Å². The molecule has 0 N–H and O–H groups in total. The Labute approximate surface area is 128 Å². The second-order valence-electron chi connectivity index (χ2n) is 6.15. The lowest BCUT2D eigenvalue weighted by atomic mass is 10.1. The SMILES string of the molecule is O=c1n(CCN2C[C@@H]3CCS(=O)(=O)[C@@H]3C2)nc2ccccn12. The predicted molar refractivity (Wildman–Crippen MR) is 81.6 cm³/mol. The third-order valence-corrected chi connectivity index (χ3v) is 7.07. The van der Waals surface area contributed by atoms with Crippen LogP contribution in [0.2, 0.25) is 0 Å². The number of hydrogen-bond donors (Lipinski definition) is 0. The number of likely N-dealkylation sites (tertiary alicyclic amines) is 1. The second kappa shape index (κ2) is 4.92. The summed E-state index contributed by atoms with van der Waals surface area (Å²) in [4.78, 5) is 14.3. The van der Waals surface area contributed by atoms with E-state index in [-0.39, 0.29) is 16.9 Å². The quantitative estimate of drug-likeness (QED) is 0.769. The van der Waals surface area contributed by atoms with Crippen molar-refractivity contribution in [2.45, 2.75) is 18.2 Å². The fourth-order valence-corrected chi connectivity index (χ4v) is 5.79. The van der Waals surface area contributed by atoms with Crippen molar-refractivity contribution in [2.75, 3.05) is 25.4 Å². The van der Waals surface area contributed by atoms with Crippen molar-refractivity contribution in [3.05, 3.63) is 34.9 Å². The van der Waals surface area contributed by atoms with E-state index in [2.05, 4.69) is 10.00 Å². The summed E-state index contributed by atoms with van der Waals surface area (Å²) in [7, 11) is -2.90. The molecule has 2 aliphatic heterocycles. The molecule has 0 radical (unpaired) electrons. The number of pyridine rings is 1. The van der Waals surface area contributed by atoms with Gasteiger partial charge in [0.25, 0.3) is 0 Å². The lowest BCUT2D eigenvalue weighted by Crippen LogP contribution is -2.32. The summed E-state index contributed by atoms with van der Waals surface area (Å²) in [5, 5.41) is 4.09. The van der Waals surface area contributed by atoms with E-state index in [1.54, 1.807) is 18.3 Å². The van der Waals surface area contributed by atoms with Crippen molar-refractivity contribution >= 4 is 15.5 Å². The molecule has 0 aromatic carbocycles. The summed E-state index contributed by atoms with van der Waals surface area (Å²) in [6, 6.07) is 5.44. The van der Waals surface area contributed by atoms with Gasteiger partial charge in [0.15, 0.2) is 15.5 Å². The summed E-state index contributed by atoms with van der Waals surface area (Å²) in [6.45, 7) is 2.55. The lowest BCUT2D eigenvalue weighted by molar-refractivity contribution is 0.300. The van der Waals surface area contributed by atoms with E-state index in [1.807, 2.05) is 6.07 Å². The molecular weight excluding hydrogens is 304 g/mol. The lowest BCUT2D eigenvalue weighted by Gasteiger charge is -2.15. The van der Waals surface area contributed by atoms with Gasteiger partial charge in [-0.15, -0.1) is 5.10 Å². The molecule has 0 saturated carbocycles. The normalized spacial score (nSPS) is 27.5. The molecule has 0 aliphatic carbocycles. The van der Waals surface area contributed by atoms with E-state index in [4.69, 9.17) is 0 Å². The number of aromatic nitrogens is 3. The molecule has 2 atom stereocenters. The van der Waals surface area contributed by atoms with Crippen molar-refractivity contribution in [1.29, 1.82) is 0 Å². The van der Waals surface area contributed by atoms with Crippen LogP contribution in [0.1, 0.15) is 6.42 Å². The van der Waals surface area contributed by atoms with E-state index in [9.17, 15) is 13.2 Å². The Bertz CT molecular complexity index is 870. The van der Waals surface area contributed by atoms with Crippen LogP contribution in [0.3, 0.4) is 0 Å². The van der Waals surface area contributed by atoms with Crippen molar-refractivity contribution in [2.24, 2.45) is 5.92 Å². The first kappa shape index (κ1) is 14.0. The molecule has 2 saturated heterocycles. The largest absolute Gasteiger partial charge is 0.350 e. The third-order valence-electron chi connectivity index (χ3n) is 4.81. The zero-order chi connectivity index (χ0) is 15.3. The maximum Gasteiger partial charge on any atom is 0.350 e. The van der Waals surface area contributed by atoms with Gasteiger partial charge in [0, 0.05) is 25.8 Å². The molecular formula is C14H18N4O3S. The molecule has 0 unspecified atom stereocenters. The summed E-state index contributed by atoms with van der Waals surface area (Å²) in [6.07, 6.45) is 2.48. The molecule has 118 valence electrons. The molecule has 7 nitrogen and oxygen atoms in total. The molecule has 2 aromatic heterocycles. The zero-order valence-corrected chi connectivity index (χ0v) is 12.9. The van der Waals surface area contributed by atoms with Gasteiger partial charge in [-0.25, -0.2) is 17.9 Å². The van der Waals surface area contributed by atoms with Crippen LogP contribution in [-0.4, -0.2) is 58.1 Å². The molecule has 8 heteroatoms.